The molecular formula is C24H23F4N7O3. The average Bonchev–Trinajstić information content (AvgIpc) is 3.55. The lowest BCUT2D eigenvalue weighted by atomic mass is 10.2. The molecule has 4 heterocycles. The predicted molar refractivity (Wildman–Crippen MR) is 129 cm³/mol. The van der Waals surface area contributed by atoms with Gasteiger partial charge in [0.05, 0.1) is 32.3 Å². The van der Waals surface area contributed by atoms with Crippen molar-refractivity contribution in [1.82, 2.24) is 28.9 Å². The predicted octanol–water partition coefficient (Wildman–Crippen LogP) is 2.24. The molecule has 200 valence electrons. The number of hydrogen-bond donors (Lipinski definition) is 0. The first-order valence-corrected chi connectivity index (χ1v) is 11.8. The molecule has 1 fully saturated rings. The Bertz CT molecular complexity index is 1630. The number of benzene rings is 1. The molecule has 0 spiro atoms. The van der Waals surface area contributed by atoms with Crippen LogP contribution in [0.15, 0.2) is 34.1 Å². The van der Waals surface area contributed by atoms with Gasteiger partial charge in [-0.1, -0.05) is 0 Å². The van der Waals surface area contributed by atoms with E-state index in [1.807, 2.05) is 6.92 Å². The zero-order valence-electron chi connectivity index (χ0n) is 20.5. The minimum Gasteiger partial charge on any atom is -0.480 e. The molecule has 0 unspecified atom stereocenters. The fourth-order valence-corrected chi connectivity index (χ4v) is 4.49. The summed E-state index contributed by atoms with van der Waals surface area (Å²) in [7, 11) is 1.29. The van der Waals surface area contributed by atoms with Crippen molar-refractivity contribution < 1.29 is 22.3 Å². The number of rotatable bonds is 7. The van der Waals surface area contributed by atoms with Gasteiger partial charge in [-0.25, -0.2) is 27.3 Å². The minimum absolute atomic E-state index is 0.0533. The van der Waals surface area contributed by atoms with Crippen LogP contribution in [0.25, 0.3) is 10.9 Å². The molecule has 5 rings (SSSR count). The van der Waals surface area contributed by atoms with Gasteiger partial charge in [-0.3, -0.25) is 18.6 Å². The van der Waals surface area contributed by atoms with Gasteiger partial charge >= 0.3 is 5.69 Å². The van der Waals surface area contributed by atoms with Gasteiger partial charge in [0.2, 0.25) is 5.88 Å². The summed E-state index contributed by atoms with van der Waals surface area (Å²) in [6, 6.07) is 2.97. The third-order valence-electron chi connectivity index (χ3n) is 6.40. The van der Waals surface area contributed by atoms with Crippen molar-refractivity contribution in [2.45, 2.75) is 39.2 Å². The van der Waals surface area contributed by atoms with E-state index >= 15 is 0 Å². The lowest BCUT2D eigenvalue weighted by Crippen LogP contribution is -2.41. The largest absolute Gasteiger partial charge is 0.480 e. The van der Waals surface area contributed by atoms with Crippen molar-refractivity contribution in [2.24, 2.45) is 0 Å². The summed E-state index contributed by atoms with van der Waals surface area (Å²) in [6.07, 6.45) is 0.656. The SMILES string of the molecule is CCn1cnc(Cn2c(=O)c3c(OC)nc(N4CC[C@@H](F)C4)cc3n(Cc3cc(F)c(F)c(F)c3)c2=O)n1. The van der Waals surface area contributed by atoms with Crippen LogP contribution in [0, 0.1) is 17.5 Å². The molecule has 1 atom stereocenters. The Labute approximate surface area is 212 Å². The monoisotopic (exact) mass is 533 g/mol. The number of aromatic nitrogens is 6. The van der Waals surface area contributed by atoms with E-state index in [2.05, 4.69) is 15.1 Å². The van der Waals surface area contributed by atoms with Crippen molar-refractivity contribution in [3.05, 3.63) is 74.2 Å². The molecule has 38 heavy (non-hydrogen) atoms. The summed E-state index contributed by atoms with van der Waals surface area (Å²) in [4.78, 5) is 37.4. The Balaban J connectivity index is 1.75. The minimum atomic E-state index is -1.64. The van der Waals surface area contributed by atoms with Crippen LogP contribution in [0.3, 0.4) is 0 Å². The Morgan fingerprint density at radius 1 is 1.08 bits per heavy atom. The summed E-state index contributed by atoms with van der Waals surface area (Å²) in [5, 5.41) is 4.14. The average molecular weight is 533 g/mol. The number of fused-ring (bicyclic) bond motifs is 1. The number of aryl methyl sites for hydroxylation is 1. The molecule has 1 aliphatic heterocycles. The second-order valence-electron chi connectivity index (χ2n) is 8.87. The standard InChI is InChI=1S/C24H23F4N7O3/c1-3-33-12-29-18(31-33)11-35-23(36)20-17(8-19(30-22(20)38-2)32-5-4-14(25)10-32)34(24(35)37)9-13-6-15(26)21(28)16(27)7-13/h6-8,12,14H,3-5,9-11H2,1-2H3/t14-/m1/s1. The van der Waals surface area contributed by atoms with Crippen molar-refractivity contribution in [1.29, 1.82) is 0 Å². The summed E-state index contributed by atoms with van der Waals surface area (Å²) >= 11 is 0. The van der Waals surface area contributed by atoms with Gasteiger partial charge in [0.15, 0.2) is 23.3 Å². The zero-order valence-corrected chi connectivity index (χ0v) is 20.5. The Hall–Kier alpha value is -4.23. The third kappa shape index (κ3) is 4.50. The van der Waals surface area contributed by atoms with Crippen molar-refractivity contribution >= 4 is 16.7 Å². The molecule has 0 N–H and O–H groups in total. The van der Waals surface area contributed by atoms with E-state index in [4.69, 9.17) is 4.74 Å². The maximum atomic E-state index is 14.0. The number of hydrogen-bond acceptors (Lipinski definition) is 7. The molecule has 0 aliphatic carbocycles. The number of pyridine rings is 1. The van der Waals surface area contributed by atoms with Gasteiger partial charge in [-0.15, -0.1) is 0 Å². The fraction of sp³-hybridized carbons (Fsp3) is 0.375. The molecule has 14 heteroatoms. The number of nitrogens with zero attached hydrogens (tertiary/aromatic N) is 7. The molecule has 3 aromatic heterocycles. The first kappa shape index (κ1) is 25.4. The van der Waals surface area contributed by atoms with E-state index in [9.17, 15) is 27.2 Å². The molecule has 4 aromatic rings. The van der Waals surface area contributed by atoms with Crippen LogP contribution in [0.2, 0.25) is 0 Å². The molecule has 0 amide bonds. The number of halogens is 4. The second kappa shape index (κ2) is 9.91. The maximum Gasteiger partial charge on any atom is 0.332 e. The smallest absolute Gasteiger partial charge is 0.332 e. The van der Waals surface area contributed by atoms with Crippen LogP contribution < -0.4 is 20.9 Å². The molecule has 1 aliphatic rings. The number of anilines is 1. The van der Waals surface area contributed by atoms with E-state index < -0.39 is 41.4 Å². The van der Waals surface area contributed by atoms with E-state index in [0.717, 1.165) is 21.3 Å². The zero-order chi connectivity index (χ0) is 27.1. The third-order valence-corrected chi connectivity index (χ3v) is 6.40. The van der Waals surface area contributed by atoms with Crippen LogP contribution in [0.4, 0.5) is 23.4 Å². The molecular weight excluding hydrogens is 510 g/mol. The van der Waals surface area contributed by atoms with Crippen molar-refractivity contribution in [3.63, 3.8) is 0 Å². The van der Waals surface area contributed by atoms with Crippen molar-refractivity contribution in [2.75, 3.05) is 25.1 Å². The topological polar surface area (TPSA) is 100 Å². The molecule has 10 nitrogen and oxygen atoms in total. The first-order valence-electron chi connectivity index (χ1n) is 11.8. The highest BCUT2D eigenvalue weighted by atomic mass is 19.2. The van der Waals surface area contributed by atoms with E-state index in [-0.39, 0.29) is 53.5 Å². The first-order chi connectivity index (χ1) is 18.2. The fourth-order valence-electron chi connectivity index (χ4n) is 4.49. The van der Waals surface area contributed by atoms with Crippen LogP contribution in [0.1, 0.15) is 24.7 Å². The highest BCUT2D eigenvalue weighted by molar-refractivity contribution is 5.85. The van der Waals surface area contributed by atoms with Crippen LogP contribution in [0.5, 0.6) is 5.88 Å². The molecule has 0 radical (unpaired) electrons. The van der Waals surface area contributed by atoms with Crippen LogP contribution in [-0.2, 0) is 19.6 Å². The summed E-state index contributed by atoms with van der Waals surface area (Å²) in [5.41, 5.74) is -1.58. The highest BCUT2D eigenvalue weighted by Crippen LogP contribution is 2.28. The van der Waals surface area contributed by atoms with Gasteiger partial charge in [-0.05, 0) is 31.0 Å². The Kier molecular flexibility index (Phi) is 6.63. The molecule has 1 saturated heterocycles. The number of methoxy groups -OCH3 is 1. The molecule has 1 aromatic carbocycles. The number of alkyl halides is 1. The summed E-state index contributed by atoms with van der Waals surface area (Å²) < 4.78 is 64.4. The van der Waals surface area contributed by atoms with E-state index in [1.165, 1.54) is 24.2 Å². The maximum absolute atomic E-state index is 14.0. The number of ether oxygens (including phenoxy) is 1. The van der Waals surface area contributed by atoms with Gasteiger partial charge in [0, 0.05) is 19.2 Å². The summed E-state index contributed by atoms with van der Waals surface area (Å²) in [5.74, 6) is -4.16. The second-order valence-corrected chi connectivity index (χ2v) is 8.87. The molecule has 0 saturated carbocycles. The van der Waals surface area contributed by atoms with Gasteiger partial charge in [0.25, 0.3) is 5.56 Å². The quantitative estimate of drug-likeness (QED) is 0.265. The van der Waals surface area contributed by atoms with Crippen LogP contribution >= 0.6 is 0 Å². The normalized spacial score (nSPS) is 15.5. The Morgan fingerprint density at radius 2 is 1.82 bits per heavy atom. The van der Waals surface area contributed by atoms with E-state index in [1.54, 1.807) is 4.90 Å². The van der Waals surface area contributed by atoms with E-state index in [0.29, 0.717) is 13.1 Å². The highest BCUT2D eigenvalue weighted by Gasteiger charge is 2.27. The lowest BCUT2D eigenvalue weighted by molar-refractivity contribution is 0.364. The van der Waals surface area contributed by atoms with Crippen LogP contribution in [-0.4, -0.2) is 55.3 Å². The molecule has 0 bridgehead atoms. The van der Waals surface area contributed by atoms with Crippen molar-refractivity contribution in [3.8, 4) is 5.88 Å². The van der Waals surface area contributed by atoms with Gasteiger partial charge in [0.1, 0.15) is 23.7 Å². The summed E-state index contributed by atoms with van der Waals surface area (Å²) in [6.45, 7) is 2.05. The lowest BCUT2D eigenvalue weighted by Gasteiger charge is -2.20. The van der Waals surface area contributed by atoms with Gasteiger partial charge < -0.3 is 9.64 Å². The Morgan fingerprint density at radius 3 is 2.42 bits per heavy atom. The van der Waals surface area contributed by atoms with Gasteiger partial charge in [-0.2, -0.15) is 10.1 Å².